The molecule has 0 bridgehead atoms. The largest absolute Gasteiger partial charge is 0.496 e. The summed E-state index contributed by atoms with van der Waals surface area (Å²) >= 11 is 0. The maximum absolute atomic E-state index is 11.3. The third kappa shape index (κ3) is 3.71. The fourth-order valence-corrected chi connectivity index (χ4v) is 2.48. The molecular formula is C15H20O5. The summed E-state index contributed by atoms with van der Waals surface area (Å²) in [5, 5.41) is 9.75. The van der Waals surface area contributed by atoms with Crippen molar-refractivity contribution in [1.82, 2.24) is 0 Å². The summed E-state index contributed by atoms with van der Waals surface area (Å²) in [5.74, 6) is 1.25. The molecule has 1 fully saturated rings. The van der Waals surface area contributed by atoms with Crippen molar-refractivity contribution in [3.05, 3.63) is 34.4 Å². The van der Waals surface area contributed by atoms with Gasteiger partial charge in [0, 0.05) is 13.2 Å². The van der Waals surface area contributed by atoms with E-state index in [9.17, 15) is 9.90 Å². The molecule has 0 radical (unpaired) electrons. The smallest absolute Gasteiger partial charge is 0.339 e. The van der Waals surface area contributed by atoms with Crippen LogP contribution in [0.25, 0.3) is 6.08 Å². The number of aliphatic hydroxyl groups is 1. The van der Waals surface area contributed by atoms with Gasteiger partial charge in [0.15, 0.2) is 0 Å². The van der Waals surface area contributed by atoms with Crippen LogP contribution in [0.4, 0.5) is 0 Å². The number of aliphatic hydroxyl groups excluding tert-OH is 1. The number of allylic oxidation sites excluding steroid dienone is 1. The Morgan fingerprint density at radius 3 is 2.85 bits per heavy atom. The molecule has 0 spiro atoms. The van der Waals surface area contributed by atoms with Crippen LogP contribution in [0.5, 0.6) is 5.75 Å². The maximum atomic E-state index is 11.3. The number of ether oxygens (including phenoxy) is 2. The van der Waals surface area contributed by atoms with Crippen LogP contribution in [0.1, 0.15) is 25.0 Å². The molecule has 1 aromatic rings. The first kappa shape index (κ1) is 14.8. The molecule has 0 saturated heterocycles. The number of hydrogen-bond acceptors (Lipinski definition) is 5. The van der Waals surface area contributed by atoms with Gasteiger partial charge in [0.1, 0.15) is 11.5 Å². The van der Waals surface area contributed by atoms with E-state index in [1.165, 1.54) is 13.2 Å². The molecule has 3 unspecified atom stereocenters. The third-order valence-corrected chi connectivity index (χ3v) is 3.63. The van der Waals surface area contributed by atoms with Gasteiger partial charge in [-0.05, 0) is 31.3 Å². The molecule has 0 aromatic carbocycles. The highest BCUT2D eigenvalue weighted by molar-refractivity contribution is 5.45. The second-order valence-corrected chi connectivity index (χ2v) is 4.99. The van der Waals surface area contributed by atoms with E-state index in [1.807, 2.05) is 6.08 Å². The van der Waals surface area contributed by atoms with E-state index in [0.717, 1.165) is 19.3 Å². The van der Waals surface area contributed by atoms with Gasteiger partial charge in [0.25, 0.3) is 0 Å². The summed E-state index contributed by atoms with van der Waals surface area (Å²) in [6.07, 6.45) is 5.63. The van der Waals surface area contributed by atoms with Crippen molar-refractivity contribution in [2.24, 2.45) is 5.92 Å². The lowest BCUT2D eigenvalue weighted by Gasteiger charge is -2.30. The van der Waals surface area contributed by atoms with Crippen molar-refractivity contribution in [2.45, 2.75) is 31.5 Å². The third-order valence-electron chi connectivity index (χ3n) is 3.63. The Kier molecular flexibility index (Phi) is 4.98. The van der Waals surface area contributed by atoms with Crippen LogP contribution in [0.3, 0.4) is 0 Å². The van der Waals surface area contributed by atoms with Gasteiger partial charge in [0.2, 0.25) is 0 Å². The first-order chi connectivity index (χ1) is 9.62. The first-order valence-electron chi connectivity index (χ1n) is 6.70. The van der Waals surface area contributed by atoms with Crippen molar-refractivity contribution in [3.8, 4) is 5.75 Å². The highest BCUT2D eigenvalue weighted by Crippen LogP contribution is 2.28. The van der Waals surface area contributed by atoms with Gasteiger partial charge in [-0.2, -0.15) is 0 Å². The van der Waals surface area contributed by atoms with Gasteiger partial charge >= 0.3 is 5.63 Å². The Labute approximate surface area is 117 Å². The molecule has 1 aliphatic rings. The average Bonchev–Trinajstić information content (AvgIpc) is 2.45. The van der Waals surface area contributed by atoms with E-state index >= 15 is 0 Å². The van der Waals surface area contributed by atoms with Gasteiger partial charge in [-0.15, -0.1) is 0 Å². The van der Waals surface area contributed by atoms with Crippen LogP contribution < -0.4 is 10.4 Å². The van der Waals surface area contributed by atoms with Crippen LogP contribution in [-0.2, 0) is 4.74 Å². The summed E-state index contributed by atoms with van der Waals surface area (Å²) in [6.45, 7) is 0. The van der Waals surface area contributed by atoms with Crippen LogP contribution in [0.2, 0.25) is 0 Å². The molecule has 1 aromatic heterocycles. The van der Waals surface area contributed by atoms with E-state index < -0.39 is 5.63 Å². The fourth-order valence-electron chi connectivity index (χ4n) is 2.48. The Bertz CT molecular complexity index is 519. The van der Waals surface area contributed by atoms with Crippen LogP contribution in [0, 0.1) is 5.92 Å². The Balaban J connectivity index is 2.06. The summed E-state index contributed by atoms with van der Waals surface area (Å²) in [6, 6.07) is 2.97. The van der Waals surface area contributed by atoms with Crippen LogP contribution in [-0.4, -0.2) is 31.5 Å². The fraction of sp³-hybridized carbons (Fsp3) is 0.533. The standard InChI is InChI=1S/C15H20O5/c1-18-12-8-11(20-15(17)9-12)5-3-10-4-6-13(16)14(7-10)19-2/h3,5,8-10,13-14,16H,4,6-7H2,1-2H3/b5-3+. The van der Waals surface area contributed by atoms with Crippen molar-refractivity contribution in [2.75, 3.05) is 14.2 Å². The summed E-state index contributed by atoms with van der Waals surface area (Å²) in [7, 11) is 3.12. The molecular weight excluding hydrogens is 260 g/mol. The minimum Gasteiger partial charge on any atom is -0.496 e. The zero-order valence-electron chi connectivity index (χ0n) is 11.7. The Hall–Kier alpha value is -1.59. The minimum absolute atomic E-state index is 0.129. The Morgan fingerprint density at radius 1 is 1.35 bits per heavy atom. The van der Waals surface area contributed by atoms with Gasteiger partial charge in [0.05, 0.1) is 25.4 Å². The lowest BCUT2D eigenvalue weighted by atomic mass is 9.85. The van der Waals surface area contributed by atoms with Gasteiger partial charge < -0.3 is 19.0 Å². The molecule has 3 atom stereocenters. The topological polar surface area (TPSA) is 68.9 Å². The van der Waals surface area contributed by atoms with Crippen LogP contribution >= 0.6 is 0 Å². The second-order valence-electron chi connectivity index (χ2n) is 4.99. The maximum Gasteiger partial charge on any atom is 0.339 e. The average molecular weight is 280 g/mol. The summed E-state index contributed by atoms with van der Waals surface area (Å²) in [4.78, 5) is 11.3. The molecule has 1 N–H and O–H groups in total. The quantitative estimate of drug-likeness (QED) is 0.911. The monoisotopic (exact) mass is 280 g/mol. The normalized spacial score (nSPS) is 26.9. The second kappa shape index (κ2) is 6.72. The molecule has 1 heterocycles. The molecule has 0 aliphatic heterocycles. The first-order valence-corrected chi connectivity index (χ1v) is 6.70. The predicted octanol–water partition coefficient (Wildman–Crippen LogP) is 1.84. The molecule has 20 heavy (non-hydrogen) atoms. The number of hydrogen-bond donors (Lipinski definition) is 1. The molecule has 0 amide bonds. The molecule has 110 valence electrons. The van der Waals surface area contributed by atoms with Crippen molar-refractivity contribution in [3.63, 3.8) is 0 Å². The zero-order valence-corrected chi connectivity index (χ0v) is 11.7. The van der Waals surface area contributed by atoms with Gasteiger partial charge in [-0.1, -0.05) is 6.08 Å². The number of methoxy groups -OCH3 is 2. The van der Waals surface area contributed by atoms with Crippen molar-refractivity contribution < 1.29 is 19.0 Å². The predicted molar refractivity (Wildman–Crippen MR) is 74.7 cm³/mol. The van der Waals surface area contributed by atoms with E-state index in [1.54, 1.807) is 19.3 Å². The SMILES string of the molecule is COc1cc(/C=C/C2CCC(O)C(OC)C2)oc(=O)c1. The lowest BCUT2D eigenvalue weighted by molar-refractivity contribution is -0.0448. The van der Waals surface area contributed by atoms with E-state index in [0.29, 0.717) is 17.4 Å². The number of rotatable bonds is 4. The van der Waals surface area contributed by atoms with Gasteiger partial charge in [-0.3, -0.25) is 0 Å². The lowest BCUT2D eigenvalue weighted by Crippen LogP contribution is -2.34. The molecule has 1 saturated carbocycles. The summed E-state index contributed by atoms with van der Waals surface area (Å²) < 4.78 is 15.4. The zero-order chi connectivity index (χ0) is 14.5. The molecule has 2 rings (SSSR count). The van der Waals surface area contributed by atoms with Crippen molar-refractivity contribution in [1.29, 1.82) is 0 Å². The molecule has 5 heteroatoms. The highest BCUT2D eigenvalue weighted by atomic mass is 16.5. The Morgan fingerprint density at radius 2 is 2.15 bits per heavy atom. The van der Waals surface area contributed by atoms with Crippen molar-refractivity contribution >= 4 is 6.08 Å². The summed E-state index contributed by atoms with van der Waals surface area (Å²) in [5.41, 5.74) is -0.433. The van der Waals surface area contributed by atoms with E-state index in [4.69, 9.17) is 13.9 Å². The van der Waals surface area contributed by atoms with E-state index in [-0.39, 0.29) is 12.2 Å². The molecule has 1 aliphatic carbocycles. The molecule has 5 nitrogen and oxygen atoms in total. The highest BCUT2D eigenvalue weighted by Gasteiger charge is 2.27. The van der Waals surface area contributed by atoms with E-state index in [2.05, 4.69) is 0 Å². The van der Waals surface area contributed by atoms with Gasteiger partial charge in [-0.25, -0.2) is 4.79 Å². The minimum atomic E-state index is -0.433. The van der Waals surface area contributed by atoms with Crippen LogP contribution in [0.15, 0.2) is 27.4 Å².